The van der Waals surface area contributed by atoms with Crippen LogP contribution < -0.4 is 0 Å². The van der Waals surface area contributed by atoms with E-state index in [1.807, 2.05) is 57.0 Å². The van der Waals surface area contributed by atoms with Crippen molar-refractivity contribution in [3.05, 3.63) is 47.3 Å². The lowest BCUT2D eigenvalue weighted by molar-refractivity contribution is -0.129. The first-order valence-electron chi connectivity index (χ1n) is 7.32. The molecule has 0 saturated carbocycles. The lowest BCUT2D eigenvalue weighted by Crippen LogP contribution is -2.32. The predicted molar refractivity (Wildman–Crippen MR) is 92.5 cm³/mol. The van der Waals surface area contributed by atoms with Gasteiger partial charge in [0.2, 0.25) is 5.91 Å². The summed E-state index contributed by atoms with van der Waals surface area (Å²) in [5, 5.41) is 4.50. The van der Waals surface area contributed by atoms with Crippen LogP contribution in [0.4, 0.5) is 0 Å². The summed E-state index contributed by atoms with van der Waals surface area (Å²) in [6, 6.07) is 10.2. The minimum absolute atomic E-state index is 0.0100. The number of hydrogen-bond donors (Lipinski definition) is 0. The molecule has 0 radical (unpaired) electrons. The normalized spacial score (nSPS) is 12.2. The summed E-state index contributed by atoms with van der Waals surface area (Å²) in [5.74, 6) is 0.156. The fourth-order valence-electron chi connectivity index (χ4n) is 2.44. The summed E-state index contributed by atoms with van der Waals surface area (Å²) in [4.78, 5) is 14.0. The smallest absolute Gasteiger partial charge is 0.235 e. The van der Waals surface area contributed by atoms with E-state index < -0.39 is 0 Å². The van der Waals surface area contributed by atoms with E-state index in [-0.39, 0.29) is 11.2 Å². The van der Waals surface area contributed by atoms with Crippen molar-refractivity contribution in [3.8, 4) is 5.69 Å². The molecule has 1 aromatic heterocycles. The number of rotatable bonds is 5. The third-order valence-corrected chi connectivity index (χ3v) is 4.57. The third-order valence-electron chi connectivity index (χ3n) is 3.66. The number of aryl methyl sites for hydroxylation is 2. The average Bonchev–Trinajstić information content (AvgIpc) is 2.84. The van der Waals surface area contributed by atoms with Crippen molar-refractivity contribution in [2.24, 2.45) is 0 Å². The predicted octanol–water partition coefficient (Wildman–Crippen LogP) is 3.20. The van der Waals surface area contributed by atoms with Crippen molar-refractivity contribution in [2.45, 2.75) is 32.6 Å². The highest BCUT2D eigenvalue weighted by atomic mass is 32.2. The van der Waals surface area contributed by atoms with Gasteiger partial charge in [-0.1, -0.05) is 12.1 Å². The molecule has 0 aliphatic carbocycles. The maximum Gasteiger partial charge on any atom is 0.235 e. The highest BCUT2D eigenvalue weighted by Gasteiger charge is 2.16. The van der Waals surface area contributed by atoms with Crippen LogP contribution in [0.2, 0.25) is 0 Å². The molecule has 0 fully saturated rings. The Morgan fingerprint density at radius 2 is 2.09 bits per heavy atom. The molecule has 4 nitrogen and oxygen atoms in total. The van der Waals surface area contributed by atoms with Crippen molar-refractivity contribution >= 4 is 17.7 Å². The van der Waals surface area contributed by atoms with Gasteiger partial charge in [-0.25, -0.2) is 4.68 Å². The van der Waals surface area contributed by atoms with Crippen molar-refractivity contribution in [2.75, 3.05) is 13.3 Å². The van der Waals surface area contributed by atoms with Gasteiger partial charge >= 0.3 is 0 Å². The van der Waals surface area contributed by atoms with Crippen molar-refractivity contribution in [3.63, 3.8) is 0 Å². The number of amides is 1. The Balaban J connectivity index is 2.19. The Hall–Kier alpha value is -1.75. The SMILES string of the molecule is CSC(C)C(=O)N(C)Cc1cccc(-n2nc(C)cc2C)c1. The van der Waals surface area contributed by atoms with Gasteiger partial charge in [0.1, 0.15) is 0 Å². The average molecular weight is 317 g/mol. The van der Waals surface area contributed by atoms with Crippen LogP contribution in [-0.2, 0) is 11.3 Å². The summed E-state index contributed by atoms with van der Waals surface area (Å²) in [6.45, 7) is 6.58. The van der Waals surface area contributed by atoms with Crippen molar-refractivity contribution < 1.29 is 4.79 Å². The molecule has 118 valence electrons. The van der Waals surface area contributed by atoms with E-state index in [9.17, 15) is 4.79 Å². The zero-order valence-corrected chi connectivity index (χ0v) is 14.6. The van der Waals surface area contributed by atoms with E-state index in [1.54, 1.807) is 16.7 Å². The third kappa shape index (κ3) is 3.71. The second kappa shape index (κ2) is 7.01. The van der Waals surface area contributed by atoms with Gasteiger partial charge in [-0.15, -0.1) is 0 Å². The van der Waals surface area contributed by atoms with Crippen LogP contribution in [0.1, 0.15) is 23.9 Å². The number of aromatic nitrogens is 2. The highest BCUT2D eigenvalue weighted by molar-refractivity contribution is 7.99. The lowest BCUT2D eigenvalue weighted by atomic mass is 10.2. The second-order valence-electron chi connectivity index (χ2n) is 5.58. The molecule has 1 aromatic carbocycles. The zero-order chi connectivity index (χ0) is 16.3. The first-order chi connectivity index (χ1) is 10.4. The van der Waals surface area contributed by atoms with Crippen LogP contribution >= 0.6 is 11.8 Å². The van der Waals surface area contributed by atoms with Gasteiger partial charge < -0.3 is 4.90 Å². The Morgan fingerprint density at radius 1 is 1.36 bits per heavy atom. The number of hydrogen-bond acceptors (Lipinski definition) is 3. The van der Waals surface area contributed by atoms with Crippen LogP contribution in [0.3, 0.4) is 0 Å². The number of benzene rings is 1. The van der Waals surface area contributed by atoms with E-state index in [0.717, 1.165) is 22.6 Å². The maximum absolute atomic E-state index is 12.2. The van der Waals surface area contributed by atoms with Gasteiger partial charge in [0.25, 0.3) is 0 Å². The first-order valence-corrected chi connectivity index (χ1v) is 8.61. The van der Waals surface area contributed by atoms with E-state index >= 15 is 0 Å². The molecular weight excluding hydrogens is 294 g/mol. The fraction of sp³-hybridized carbons (Fsp3) is 0.412. The van der Waals surface area contributed by atoms with Crippen LogP contribution in [0, 0.1) is 13.8 Å². The van der Waals surface area contributed by atoms with E-state index in [0.29, 0.717) is 6.54 Å². The molecule has 0 aliphatic heterocycles. The Morgan fingerprint density at radius 3 is 2.68 bits per heavy atom. The van der Waals surface area contributed by atoms with Crippen LogP contribution in [-0.4, -0.2) is 39.1 Å². The molecule has 1 atom stereocenters. The van der Waals surface area contributed by atoms with Crippen molar-refractivity contribution in [1.29, 1.82) is 0 Å². The quantitative estimate of drug-likeness (QED) is 0.850. The molecule has 0 saturated heterocycles. The Bertz CT molecular complexity index is 666. The summed E-state index contributed by atoms with van der Waals surface area (Å²) in [7, 11) is 1.85. The molecule has 1 amide bonds. The first kappa shape index (κ1) is 16.6. The summed E-state index contributed by atoms with van der Waals surface area (Å²) < 4.78 is 1.94. The standard InChI is InChI=1S/C17H23N3OS/c1-12-9-13(2)20(18-12)16-8-6-7-15(10-16)11-19(4)17(21)14(3)22-5/h6-10,14H,11H2,1-5H3. The molecule has 2 aromatic rings. The van der Waals surface area contributed by atoms with E-state index in [1.165, 1.54) is 0 Å². The fourth-order valence-corrected chi connectivity index (χ4v) is 2.82. The van der Waals surface area contributed by atoms with Crippen LogP contribution in [0.15, 0.2) is 30.3 Å². The molecule has 2 rings (SSSR count). The lowest BCUT2D eigenvalue weighted by Gasteiger charge is -2.20. The van der Waals surface area contributed by atoms with Gasteiger partial charge in [-0.2, -0.15) is 16.9 Å². The number of nitrogens with zero attached hydrogens (tertiary/aromatic N) is 3. The van der Waals surface area contributed by atoms with Gasteiger partial charge in [-0.05, 0) is 50.8 Å². The second-order valence-corrected chi connectivity index (χ2v) is 6.76. The topological polar surface area (TPSA) is 38.1 Å². The zero-order valence-electron chi connectivity index (χ0n) is 13.8. The minimum atomic E-state index is -0.0100. The van der Waals surface area contributed by atoms with E-state index in [4.69, 9.17) is 0 Å². The highest BCUT2D eigenvalue weighted by Crippen LogP contribution is 2.16. The Labute approximate surface area is 136 Å². The number of carbonyl (C=O) groups excluding carboxylic acids is 1. The molecule has 1 unspecified atom stereocenters. The molecule has 0 aliphatic rings. The van der Waals surface area contributed by atoms with Gasteiger partial charge in [0.05, 0.1) is 16.6 Å². The minimum Gasteiger partial charge on any atom is -0.340 e. The van der Waals surface area contributed by atoms with E-state index in [2.05, 4.69) is 17.2 Å². The molecule has 1 heterocycles. The molecular formula is C17H23N3OS. The molecule has 0 spiro atoms. The van der Waals surface area contributed by atoms with Gasteiger partial charge in [0, 0.05) is 19.3 Å². The maximum atomic E-state index is 12.2. The van der Waals surface area contributed by atoms with Gasteiger partial charge in [0.15, 0.2) is 0 Å². The van der Waals surface area contributed by atoms with Crippen LogP contribution in [0.25, 0.3) is 5.69 Å². The molecule has 0 N–H and O–H groups in total. The number of carbonyl (C=O) groups is 1. The monoisotopic (exact) mass is 317 g/mol. The molecule has 5 heteroatoms. The largest absolute Gasteiger partial charge is 0.340 e. The van der Waals surface area contributed by atoms with Crippen LogP contribution in [0.5, 0.6) is 0 Å². The van der Waals surface area contributed by atoms with Gasteiger partial charge in [-0.3, -0.25) is 4.79 Å². The summed E-state index contributed by atoms with van der Waals surface area (Å²) >= 11 is 1.57. The number of thioether (sulfide) groups is 1. The summed E-state index contributed by atoms with van der Waals surface area (Å²) in [5.41, 5.74) is 4.25. The molecule has 0 bridgehead atoms. The summed E-state index contributed by atoms with van der Waals surface area (Å²) in [6.07, 6.45) is 1.96. The molecule has 22 heavy (non-hydrogen) atoms. The van der Waals surface area contributed by atoms with Crippen molar-refractivity contribution in [1.82, 2.24) is 14.7 Å². The Kier molecular flexibility index (Phi) is 5.29.